The first-order chi connectivity index (χ1) is 24.7. The monoisotopic (exact) mass is 744 g/mol. The number of ether oxygens (including phenoxy) is 1. The van der Waals surface area contributed by atoms with Gasteiger partial charge in [-0.3, -0.25) is 24.1 Å². The van der Waals surface area contributed by atoms with Crippen molar-refractivity contribution < 1.29 is 28.7 Å². The average molecular weight is 745 g/mol. The molecule has 0 spiro atoms. The van der Waals surface area contributed by atoms with E-state index in [1.54, 1.807) is 55.7 Å². The SMILES string of the molecule is CC(=O)c1ccc(CN(C(=O)[C@@H]2Cc3ccccc3CN2C(=O)[C@@H](NC(=O)[C@H](C)N(C)C(=O)OC(C)(C)C)C(C)(C)C)[C@H](C)c2ccccc2Cl)cc1. The van der Waals surface area contributed by atoms with Crippen molar-refractivity contribution in [1.82, 2.24) is 20.0 Å². The fourth-order valence-corrected chi connectivity index (χ4v) is 6.63. The van der Waals surface area contributed by atoms with Crippen molar-refractivity contribution in [2.45, 2.75) is 112 Å². The number of Topliss-reactive ketones (excluding diaryl/α,β-unsaturated/α-hetero) is 1. The van der Waals surface area contributed by atoms with Crippen LogP contribution in [0.2, 0.25) is 5.02 Å². The van der Waals surface area contributed by atoms with Gasteiger partial charge < -0.3 is 19.9 Å². The van der Waals surface area contributed by atoms with Crippen molar-refractivity contribution in [3.63, 3.8) is 0 Å². The van der Waals surface area contributed by atoms with Crippen LogP contribution in [-0.4, -0.2) is 75.1 Å². The summed E-state index contributed by atoms with van der Waals surface area (Å²) in [5.41, 5.74) is 2.45. The number of ketones is 1. The molecule has 10 nitrogen and oxygen atoms in total. The quantitative estimate of drug-likeness (QED) is 0.217. The third kappa shape index (κ3) is 10.0. The fraction of sp³-hybridized carbons (Fsp3) is 0.452. The first-order valence-corrected chi connectivity index (χ1v) is 18.4. The highest BCUT2D eigenvalue weighted by molar-refractivity contribution is 6.31. The number of carbonyl (C=O) groups excluding carboxylic acids is 5. The van der Waals surface area contributed by atoms with Crippen LogP contribution in [0.15, 0.2) is 72.8 Å². The molecule has 1 aliphatic rings. The van der Waals surface area contributed by atoms with Gasteiger partial charge in [-0.2, -0.15) is 0 Å². The number of rotatable bonds is 10. The van der Waals surface area contributed by atoms with Crippen LogP contribution in [0.4, 0.5) is 4.79 Å². The Morgan fingerprint density at radius 2 is 1.47 bits per heavy atom. The number of likely N-dealkylation sites (N-methyl/N-ethyl adjacent to an activating group) is 1. The van der Waals surface area contributed by atoms with Gasteiger partial charge in [0.15, 0.2) is 5.78 Å². The van der Waals surface area contributed by atoms with E-state index in [2.05, 4.69) is 5.32 Å². The Bertz CT molecular complexity index is 1830. The number of hydrogen-bond acceptors (Lipinski definition) is 6. The summed E-state index contributed by atoms with van der Waals surface area (Å²) in [5, 5.41) is 3.43. The van der Waals surface area contributed by atoms with Gasteiger partial charge >= 0.3 is 6.09 Å². The number of benzene rings is 3. The molecule has 284 valence electrons. The summed E-state index contributed by atoms with van der Waals surface area (Å²) < 4.78 is 5.47. The van der Waals surface area contributed by atoms with Gasteiger partial charge in [-0.05, 0) is 75.3 Å². The van der Waals surface area contributed by atoms with Crippen LogP contribution >= 0.6 is 11.6 Å². The molecular weight excluding hydrogens is 692 g/mol. The second-order valence-corrected chi connectivity index (χ2v) is 16.4. The summed E-state index contributed by atoms with van der Waals surface area (Å²) in [6, 6.07) is 18.8. The second kappa shape index (κ2) is 16.5. The molecule has 0 aromatic heterocycles. The maximum Gasteiger partial charge on any atom is 0.410 e. The predicted octanol–water partition coefficient (Wildman–Crippen LogP) is 7.37. The van der Waals surface area contributed by atoms with Crippen molar-refractivity contribution >= 4 is 41.2 Å². The number of nitrogens with zero attached hydrogens (tertiary/aromatic N) is 3. The molecule has 0 radical (unpaired) electrons. The lowest BCUT2D eigenvalue weighted by Crippen LogP contribution is -2.62. The number of nitrogens with one attached hydrogen (secondary N) is 1. The van der Waals surface area contributed by atoms with Crippen LogP contribution in [0.5, 0.6) is 0 Å². The van der Waals surface area contributed by atoms with Crippen LogP contribution in [-0.2, 0) is 38.6 Å². The Labute approximate surface area is 318 Å². The van der Waals surface area contributed by atoms with Crippen molar-refractivity contribution in [3.8, 4) is 0 Å². The second-order valence-electron chi connectivity index (χ2n) is 15.9. The lowest BCUT2D eigenvalue weighted by Gasteiger charge is -2.43. The van der Waals surface area contributed by atoms with Crippen molar-refractivity contribution in [1.29, 1.82) is 0 Å². The summed E-state index contributed by atoms with van der Waals surface area (Å²) in [5.74, 6) is -1.29. The molecule has 0 saturated carbocycles. The maximum absolute atomic E-state index is 15.1. The Balaban J connectivity index is 1.73. The van der Waals surface area contributed by atoms with E-state index < -0.39 is 53.1 Å². The molecule has 4 amide bonds. The molecule has 4 atom stereocenters. The fourth-order valence-electron chi connectivity index (χ4n) is 6.34. The number of hydrogen-bond donors (Lipinski definition) is 1. The summed E-state index contributed by atoms with van der Waals surface area (Å²) in [6.07, 6.45) is -0.404. The van der Waals surface area contributed by atoms with E-state index in [-0.39, 0.29) is 31.2 Å². The van der Waals surface area contributed by atoms with Gasteiger partial charge in [-0.25, -0.2) is 4.79 Å². The molecule has 0 bridgehead atoms. The van der Waals surface area contributed by atoms with E-state index >= 15 is 4.79 Å². The Kier molecular flexibility index (Phi) is 12.8. The zero-order chi connectivity index (χ0) is 39.4. The molecule has 1 aliphatic heterocycles. The topological polar surface area (TPSA) is 116 Å². The summed E-state index contributed by atoms with van der Waals surface area (Å²) in [6.45, 7) is 16.1. The van der Waals surface area contributed by atoms with E-state index in [1.807, 2.05) is 82.3 Å². The standard InChI is InChI=1S/C42H53ClN4O6/c1-26(33-17-13-14-18-34(33)43)46(24-29-19-21-30(22-20-29)28(3)48)38(50)35-23-31-15-11-12-16-32(31)25-47(35)39(51)36(41(4,5)6)44-37(49)27(2)45(10)40(52)53-42(7,8)9/h11-22,26-27,35-36H,23-25H2,1-10H3,(H,44,49)/t26-,27+,35+,36-/m1/s1. The number of amides is 4. The Hall–Kier alpha value is -4.70. The Morgan fingerprint density at radius 1 is 0.887 bits per heavy atom. The number of carbonyl (C=O) groups is 5. The largest absolute Gasteiger partial charge is 0.444 e. The summed E-state index contributed by atoms with van der Waals surface area (Å²) in [7, 11) is 1.48. The lowest BCUT2D eigenvalue weighted by atomic mass is 9.84. The van der Waals surface area contributed by atoms with Crippen molar-refractivity contribution in [2.75, 3.05) is 7.05 Å². The molecule has 0 aliphatic carbocycles. The minimum atomic E-state index is -1.04. The maximum atomic E-state index is 15.1. The highest BCUT2D eigenvalue weighted by Crippen LogP contribution is 2.33. The van der Waals surface area contributed by atoms with Gasteiger partial charge in [0.05, 0.1) is 6.04 Å². The predicted molar refractivity (Wildman–Crippen MR) is 206 cm³/mol. The summed E-state index contributed by atoms with van der Waals surface area (Å²) in [4.78, 5) is 73.0. The lowest BCUT2D eigenvalue weighted by molar-refractivity contribution is -0.152. The van der Waals surface area contributed by atoms with Crippen LogP contribution < -0.4 is 5.32 Å². The third-order valence-electron chi connectivity index (χ3n) is 9.68. The van der Waals surface area contributed by atoms with Gasteiger partial charge in [0.1, 0.15) is 23.7 Å². The zero-order valence-electron chi connectivity index (χ0n) is 32.5. The Morgan fingerprint density at radius 3 is 2.04 bits per heavy atom. The van der Waals surface area contributed by atoms with Crippen molar-refractivity contribution in [3.05, 3.63) is 106 Å². The highest BCUT2D eigenvalue weighted by Gasteiger charge is 2.44. The molecule has 1 N–H and O–H groups in total. The van der Waals surface area contributed by atoms with Gasteiger partial charge in [0.2, 0.25) is 17.7 Å². The van der Waals surface area contributed by atoms with Crippen LogP contribution in [0, 0.1) is 5.41 Å². The molecule has 0 fully saturated rings. The van der Waals surface area contributed by atoms with Gasteiger partial charge in [0.25, 0.3) is 0 Å². The minimum Gasteiger partial charge on any atom is -0.444 e. The molecule has 1 heterocycles. The molecule has 3 aromatic rings. The summed E-state index contributed by atoms with van der Waals surface area (Å²) >= 11 is 6.68. The van der Waals surface area contributed by atoms with Crippen LogP contribution in [0.3, 0.4) is 0 Å². The van der Waals surface area contributed by atoms with Crippen LogP contribution in [0.25, 0.3) is 0 Å². The number of halogens is 1. The van der Waals surface area contributed by atoms with E-state index in [0.29, 0.717) is 10.6 Å². The first-order valence-electron chi connectivity index (χ1n) is 18.0. The molecule has 53 heavy (non-hydrogen) atoms. The minimum absolute atomic E-state index is 0.0599. The third-order valence-corrected chi connectivity index (χ3v) is 10.0. The molecule has 3 aromatic carbocycles. The van der Waals surface area contributed by atoms with Gasteiger partial charge in [-0.1, -0.05) is 99.1 Å². The van der Waals surface area contributed by atoms with Gasteiger partial charge in [-0.15, -0.1) is 0 Å². The normalized spacial score (nSPS) is 16.1. The van der Waals surface area contributed by atoms with Gasteiger partial charge in [0, 0.05) is 37.1 Å². The van der Waals surface area contributed by atoms with E-state index in [4.69, 9.17) is 16.3 Å². The van der Waals surface area contributed by atoms with E-state index in [1.165, 1.54) is 18.9 Å². The highest BCUT2D eigenvalue weighted by atomic mass is 35.5. The molecule has 0 saturated heterocycles. The molecule has 0 unspecified atom stereocenters. The molecule has 11 heteroatoms. The first kappa shape index (κ1) is 41.1. The average Bonchev–Trinajstić information content (AvgIpc) is 3.09. The zero-order valence-corrected chi connectivity index (χ0v) is 33.3. The van der Waals surface area contributed by atoms with E-state index in [9.17, 15) is 19.2 Å². The molecule has 4 rings (SSSR count). The smallest absolute Gasteiger partial charge is 0.410 e. The van der Waals surface area contributed by atoms with Crippen molar-refractivity contribution in [2.24, 2.45) is 5.41 Å². The number of fused-ring (bicyclic) bond motifs is 1. The van der Waals surface area contributed by atoms with E-state index in [0.717, 1.165) is 22.3 Å². The van der Waals surface area contributed by atoms with Crippen LogP contribution in [0.1, 0.15) is 101 Å². The molecular formula is C42H53ClN4O6.